The Labute approximate surface area is 401 Å². The van der Waals surface area contributed by atoms with Crippen LogP contribution in [0.4, 0.5) is 23.4 Å². The van der Waals surface area contributed by atoms with E-state index in [1.54, 1.807) is 0 Å². The molecular formula is C50H63Cl2N11O4. The van der Waals surface area contributed by atoms with Crippen LogP contribution >= 0.6 is 23.2 Å². The minimum atomic E-state index is -0.508. The van der Waals surface area contributed by atoms with Crippen molar-refractivity contribution in [2.24, 2.45) is 5.73 Å². The molecule has 4 fully saturated rings. The van der Waals surface area contributed by atoms with Crippen LogP contribution in [-0.4, -0.2) is 66.0 Å². The Morgan fingerprint density at radius 3 is 1.51 bits per heavy atom. The molecule has 2 aromatic carbocycles. The van der Waals surface area contributed by atoms with Crippen LogP contribution in [0.2, 0.25) is 0 Å². The summed E-state index contributed by atoms with van der Waals surface area (Å²) in [6, 6.07) is 14.3. The average Bonchev–Trinajstić information content (AvgIpc) is 4.04. The highest BCUT2D eigenvalue weighted by Crippen LogP contribution is 2.46. The highest BCUT2D eigenvalue weighted by Gasteiger charge is 2.31. The second-order valence-corrected chi connectivity index (χ2v) is 21.1. The summed E-state index contributed by atoms with van der Waals surface area (Å²) in [6.45, 7) is 13.1. The number of nitrogens with two attached hydrogens (primary N) is 2. The molecule has 17 heteroatoms. The zero-order valence-electron chi connectivity index (χ0n) is 39.4. The van der Waals surface area contributed by atoms with Crippen LogP contribution in [0.5, 0.6) is 0 Å². The number of rotatable bonds is 11. The van der Waals surface area contributed by atoms with E-state index < -0.39 is 5.24 Å². The lowest BCUT2D eigenvalue weighted by molar-refractivity contribution is -0.115. The third kappa shape index (κ3) is 11.8. The number of fused-ring (bicyclic) bond motifs is 2. The summed E-state index contributed by atoms with van der Waals surface area (Å²) < 4.78 is 11.8. The fourth-order valence-corrected chi connectivity index (χ4v) is 8.96. The molecule has 15 nitrogen and oxygen atoms in total. The molecule has 0 aliphatic heterocycles. The molecule has 4 aromatic heterocycles. The molecule has 0 radical (unpaired) electrons. The number of benzene rings is 2. The minimum Gasteiger partial charge on any atom is -0.402 e. The molecule has 0 atom stereocenters. The first kappa shape index (κ1) is 48.1. The summed E-state index contributed by atoms with van der Waals surface area (Å²) in [4.78, 5) is 31.6. The van der Waals surface area contributed by atoms with Crippen molar-refractivity contribution in [3.05, 3.63) is 58.7 Å². The third-order valence-corrected chi connectivity index (χ3v) is 13.3. The molecular weight excluding hydrogens is 890 g/mol. The normalized spacial score (nSPS) is 16.7. The summed E-state index contributed by atoms with van der Waals surface area (Å²) in [5.41, 5.74) is 21.3. The van der Waals surface area contributed by atoms with Crippen LogP contribution in [0.1, 0.15) is 153 Å². The van der Waals surface area contributed by atoms with Crippen molar-refractivity contribution in [3.63, 3.8) is 0 Å². The predicted octanol–water partition coefficient (Wildman–Crippen LogP) is 11.1. The summed E-state index contributed by atoms with van der Waals surface area (Å²) in [5.74, 6) is 1.63. The number of carbonyl (C=O) groups excluding carboxylic acids is 2. The number of hydrogen-bond acceptors (Lipinski definition) is 14. The van der Waals surface area contributed by atoms with Gasteiger partial charge in [0.1, 0.15) is 11.4 Å². The lowest BCUT2D eigenvalue weighted by Crippen LogP contribution is -2.22. The van der Waals surface area contributed by atoms with E-state index in [4.69, 9.17) is 53.5 Å². The fraction of sp³-hybridized carbons (Fsp3) is 0.520. The predicted molar refractivity (Wildman–Crippen MR) is 267 cm³/mol. The fourth-order valence-electron chi connectivity index (χ4n) is 8.96. The smallest absolute Gasteiger partial charge is 0.316 e. The van der Waals surface area contributed by atoms with E-state index in [9.17, 15) is 9.59 Å². The Morgan fingerprint density at radius 1 is 0.657 bits per heavy atom. The first-order valence-electron chi connectivity index (χ1n) is 23.7. The average molecular weight is 953 g/mol. The van der Waals surface area contributed by atoms with Gasteiger partial charge >= 0.3 is 12.0 Å². The number of aromatic nitrogens is 6. The molecule has 4 saturated carbocycles. The topological polar surface area (TPSA) is 226 Å². The number of amides is 1. The van der Waals surface area contributed by atoms with Crippen molar-refractivity contribution in [3.8, 4) is 23.2 Å². The van der Waals surface area contributed by atoms with Crippen molar-refractivity contribution in [2.45, 2.75) is 153 Å². The van der Waals surface area contributed by atoms with Gasteiger partial charge in [-0.3, -0.25) is 9.59 Å². The van der Waals surface area contributed by atoms with Gasteiger partial charge in [-0.15, -0.1) is 21.8 Å². The molecule has 0 spiro atoms. The van der Waals surface area contributed by atoms with Gasteiger partial charge in [0, 0.05) is 28.5 Å². The molecule has 4 aliphatic rings. The molecule has 67 heavy (non-hydrogen) atoms. The molecule has 0 bridgehead atoms. The summed E-state index contributed by atoms with van der Waals surface area (Å²) in [5, 5.41) is 27.9. The second kappa shape index (κ2) is 20.1. The van der Waals surface area contributed by atoms with Gasteiger partial charge in [0.2, 0.25) is 11.1 Å². The van der Waals surface area contributed by atoms with E-state index in [2.05, 4.69) is 102 Å². The maximum Gasteiger partial charge on any atom is 0.316 e. The number of alkyl halides is 1. The Bertz CT molecular complexity index is 2740. The van der Waals surface area contributed by atoms with Gasteiger partial charge in [-0.2, -0.15) is 0 Å². The van der Waals surface area contributed by atoms with Gasteiger partial charge in [-0.05, 0) is 132 Å². The first-order valence-corrected chi connectivity index (χ1v) is 24.6. The summed E-state index contributed by atoms with van der Waals surface area (Å²) >= 11 is 9.55. The van der Waals surface area contributed by atoms with E-state index in [0.717, 1.165) is 53.1 Å². The highest BCUT2D eigenvalue weighted by atomic mass is 35.5. The molecule has 4 heterocycles. The van der Waals surface area contributed by atoms with Gasteiger partial charge in [0.15, 0.2) is 0 Å². The van der Waals surface area contributed by atoms with Crippen molar-refractivity contribution in [1.29, 1.82) is 0 Å². The van der Waals surface area contributed by atoms with Crippen molar-refractivity contribution in [1.82, 2.24) is 30.4 Å². The molecule has 4 aliphatic carbocycles. The molecule has 10 rings (SSSR count). The molecule has 1 amide bonds. The largest absolute Gasteiger partial charge is 0.402 e. The van der Waals surface area contributed by atoms with Gasteiger partial charge in [-0.1, -0.05) is 89.6 Å². The molecule has 0 unspecified atom stereocenters. The number of nitrogens with zero attached hydrogens (tertiary/aromatic N) is 6. The Balaban J connectivity index is 0.000000166. The van der Waals surface area contributed by atoms with Crippen molar-refractivity contribution >= 4 is 79.6 Å². The van der Waals surface area contributed by atoms with Crippen LogP contribution in [-0.2, 0) is 20.4 Å². The van der Waals surface area contributed by atoms with Crippen LogP contribution in [0.3, 0.4) is 0 Å². The summed E-state index contributed by atoms with van der Waals surface area (Å²) in [6.07, 6.45) is 14.4. The standard InChI is InChI=1S/C25H32N6O2.C23H29N5O.C2H2Cl2O/c1-25(2,3)18-11-15(14-8-9-14)10-17-19(28-21(32)13-26)12-20(29-22(17)18)23-30-31-24(33-23)27-16-6-4-5-7-16;1-23(2,3)17-11-14(13-8-9-13)10-16-18(24)12-19(26-20(16)17)21-27-28-22(29-21)25-15-6-4-5-7-15;3-1-2(4)5/h10-12,14,16H,4-9,13,26H2,1-3H3,(H,27,31)(H,28,29,32);10-13,15H,4-9H2,1-3H3,(H2,24,26)(H,25,28);1H2. The van der Waals surface area contributed by atoms with Crippen molar-refractivity contribution < 1.29 is 18.4 Å². The van der Waals surface area contributed by atoms with Gasteiger partial charge in [-0.25, -0.2) is 9.97 Å². The Hall–Kier alpha value is -5.38. The number of halogens is 2. The van der Waals surface area contributed by atoms with E-state index in [-0.39, 0.29) is 29.2 Å². The molecule has 0 saturated heterocycles. The molecule has 6 aromatic rings. The number of anilines is 4. The van der Waals surface area contributed by atoms with Gasteiger partial charge in [0.25, 0.3) is 11.8 Å². The van der Waals surface area contributed by atoms with Crippen molar-refractivity contribution in [2.75, 3.05) is 34.1 Å². The van der Waals surface area contributed by atoms with E-state index >= 15 is 0 Å². The number of pyridine rings is 2. The van der Waals surface area contributed by atoms with Crippen LogP contribution in [0, 0.1) is 0 Å². The van der Waals surface area contributed by atoms with Gasteiger partial charge in [0.05, 0.1) is 29.1 Å². The van der Waals surface area contributed by atoms with E-state index in [1.807, 2.05) is 12.1 Å². The maximum absolute atomic E-state index is 12.3. The van der Waals surface area contributed by atoms with Crippen LogP contribution in [0.25, 0.3) is 45.0 Å². The Kier molecular flexibility index (Phi) is 14.4. The van der Waals surface area contributed by atoms with Gasteiger partial charge < -0.3 is 36.3 Å². The van der Waals surface area contributed by atoms with Crippen LogP contribution in [0.15, 0.2) is 45.2 Å². The number of nitrogens with one attached hydrogen (secondary N) is 3. The maximum atomic E-state index is 12.3. The monoisotopic (exact) mass is 951 g/mol. The molecule has 7 N–H and O–H groups in total. The third-order valence-electron chi connectivity index (χ3n) is 12.8. The minimum absolute atomic E-state index is 0.0365. The molecule has 356 valence electrons. The number of hydrogen-bond donors (Lipinski definition) is 5. The van der Waals surface area contributed by atoms with Crippen LogP contribution < -0.4 is 27.4 Å². The summed E-state index contributed by atoms with van der Waals surface area (Å²) in [7, 11) is 0. The van der Waals surface area contributed by atoms with E-state index in [0.29, 0.717) is 70.5 Å². The number of carbonyl (C=O) groups is 2. The quantitative estimate of drug-likeness (QED) is 0.0602. The van der Waals surface area contributed by atoms with E-state index in [1.165, 1.54) is 68.1 Å². The lowest BCUT2D eigenvalue weighted by atomic mass is 9.83. The highest BCUT2D eigenvalue weighted by molar-refractivity contribution is 6.67. The SMILES string of the molecule is CC(C)(C)c1cc(C2CC2)cc2c(N)cc(-c3nnc(NC4CCCC4)o3)nc12.CC(C)(C)c1cc(C2CC2)cc2c(NC(=O)CN)cc(-c3nnc(NC4CCCC4)o3)nc12.O=C(Cl)CCl. The second-order valence-electron chi connectivity index (χ2n) is 20.4. The first-order chi connectivity index (χ1) is 32.0. The number of nitrogen functional groups attached to an aromatic ring is 1. The zero-order chi connectivity index (χ0) is 47.6. The zero-order valence-corrected chi connectivity index (χ0v) is 40.9. The Morgan fingerprint density at radius 2 is 1.09 bits per heavy atom. The lowest BCUT2D eigenvalue weighted by Gasteiger charge is -2.23.